The average molecular weight is 476 g/mol. The van der Waals surface area contributed by atoms with Gasteiger partial charge in [-0.1, -0.05) is 54.2 Å². The number of hydrogen-bond acceptors (Lipinski definition) is 4. The number of aromatic nitrogens is 5. The van der Waals surface area contributed by atoms with E-state index in [9.17, 15) is 4.79 Å². The number of unbranched alkanes of at least 4 members (excludes halogenated alkanes) is 3. The summed E-state index contributed by atoms with van der Waals surface area (Å²) in [6, 6.07) is 15.6. The highest BCUT2D eigenvalue weighted by Gasteiger charge is 2.20. The number of halogens is 1. The molecule has 7 heteroatoms. The van der Waals surface area contributed by atoms with E-state index in [1.54, 1.807) is 10.9 Å². The van der Waals surface area contributed by atoms with Gasteiger partial charge in [0, 0.05) is 16.7 Å². The van der Waals surface area contributed by atoms with Gasteiger partial charge in [-0.25, -0.2) is 15.0 Å². The van der Waals surface area contributed by atoms with Gasteiger partial charge in [0.1, 0.15) is 10.9 Å². The Hall–Kier alpha value is -3.06. The van der Waals surface area contributed by atoms with Gasteiger partial charge >= 0.3 is 0 Å². The van der Waals surface area contributed by atoms with E-state index in [-0.39, 0.29) is 5.56 Å². The average Bonchev–Trinajstić information content (AvgIpc) is 3.11. The summed E-state index contributed by atoms with van der Waals surface area (Å²) in [5.74, 6) is 0. The van der Waals surface area contributed by atoms with Crippen molar-refractivity contribution in [3.05, 3.63) is 69.7 Å². The van der Waals surface area contributed by atoms with E-state index in [0.717, 1.165) is 40.5 Å². The Morgan fingerprint density at radius 2 is 1.65 bits per heavy atom. The first-order valence-electron chi connectivity index (χ1n) is 10.6. The van der Waals surface area contributed by atoms with Crippen molar-refractivity contribution in [1.82, 2.24) is 24.1 Å². The minimum atomic E-state index is -0.0630. The molecule has 0 fully saturated rings. The summed E-state index contributed by atoms with van der Waals surface area (Å²) < 4.78 is 4.62. The zero-order valence-electron chi connectivity index (χ0n) is 17.3. The molecule has 156 valence electrons. The number of para-hydroxylation sites is 2. The molecule has 0 N–H and O–H groups in total. The summed E-state index contributed by atoms with van der Waals surface area (Å²) in [7, 11) is 0. The van der Waals surface area contributed by atoms with E-state index < -0.39 is 0 Å². The van der Waals surface area contributed by atoms with Crippen LogP contribution in [0.2, 0.25) is 0 Å². The van der Waals surface area contributed by atoms with E-state index in [0.29, 0.717) is 28.7 Å². The lowest BCUT2D eigenvalue weighted by atomic mass is 10.2. The van der Waals surface area contributed by atoms with Crippen molar-refractivity contribution in [3.63, 3.8) is 0 Å². The van der Waals surface area contributed by atoms with Gasteiger partial charge in [0.2, 0.25) is 0 Å². The molecular formula is C24H22BrN5O. The highest BCUT2D eigenvalue weighted by Crippen LogP contribution is 2.28. The lowest BCUT2D eigenvalue weighted by molar-refractivity contribution is 0.567. The van der Waals surface area contributed by atoms with Gasteiger partial charge in [-0.3, -0.25) is 13.9 Å². The molecule has 0 spiro atoms. The van der Waals surface area contributed by atoms with Crippen LogP contribution in [0.3, 0.4) is 0 Å². The standard InChI is InChI=1S/C24H22BrN5O/c1-2-3-4-7-14-29-15-26-22-20(24(29)31)21-23(28-19-9-6-5-8-18(19)27-21)30(22)17-12-10-16(25)11-13-17/h5-6,8-13,15H,2-4,7,14H2,1H3. The number of hydrogen-bond donors (Lipinski definition) is 0. The van der Waals surface area contributed by atoms with Crippen LogP contribution in [-0.4, -0.2) is 24.1 Å². The third-order valence-electron chi connectivity index (χ3n) is 5.57. The molecular weight excluding hydrogens is 454 g/mol. The highest BCUT2D eigenvalue weighted by atomic mass is 79.9. The second-order valence-electron chi connectivity index (χ2n) is 7.70. The second kappa shape index (κ2) is 8.23. The van der Waals surface area contributed by atoms with Gasteiger partial charge < -0.3 is 0 Å². The van der Waals surface area contributed by atoms with Gasteiger partial charge in [0.05, 0.1) is 17.4 Å². The molecule has 2 aromatic carbocycles. The van der Waals surface area contributed by atoms with E-state index >= 15 is 0 Å². The van der Waals surface area contributed by atoms with Gasteiger partial charge in [-0.2, -0.15) is 0 Å². The van der Waals surface area contributed by atoms with Crippen LogP contribution in [0.25, 0.3) is 38.9 Å². The first kappa shape index (κ1) is 19.9. The van der Waals surface area contributed by atoms with E-state index in [1.165, 1.54) is 6.42 Å². The van der Waals surface area contributed by atoms with Crippen LogP contribution in [0.15, 0.2) is 64.1 Å². The molecule has 0 saturated heterocycles. The Morgan fingerprint density at radius 1 is 0.903 bits per heavy atom. The third-order valence-corrected chi connectivity index (χ3v) is 6.10. The molecule has 0 saturated carbocycles. The van der Waals surface area contributed by atoms with Crippen molar-refractivity contribution in [2.24, 2.45) is 0 Å². The summed E-state index contributed by atoms with van der Waals surface area (Å²) in [6.45, 7) is 2.84. The fraction of sp³-hybridized carbons (Fsp3) is 0.250. The number of nitrogens with zero attached hydrogens (tertiary/aromatic N) is 5. The van der Waals surface area contributed by atoms with Crippen LogP contribution in [0.1, 0.15) is 32.6 Å². The summed E-state index contributed by atoms with van der Waals surface area (Å²) >= 11 is 3.49. The molecule has 5 rings (SSSR count). The lowest BCUT2D eigenvalue weighted by Crippen LogP contribution is -2.20. The molecule has 0 bridgehead atoms. The molecule has 3 aromatic heterocycles. The smallest absolute Gasteiger partial charge is 0.265 e. The molecule has 31 heavy (non-hydrogen) atoms. The Kier molecular flexibility index (Phi) is 5.28. The van der Waals surface area contributed by atoms with Crippen LogP contribution >= 0.6 is 15.9 Å². The van der Waals surface area contributed by atoms with Crippen LogP contribution in [0.4, 0.5) is 0 Å². The van der Waals surface area contributed by atoms with Crippen molar-refractivity contribution < 1.29 is 0 Å². The van der Waals surface area contributed by atoms with Crippen LogP contribution in [0, 0.1) is 0 Å². The van der Waals surface area contributed by atoms with Crippen molar-refractivity contribution in [2.75, 3.05) is 0 Å². The lowest BCUT2D eigenvalue weighted by Gasteiger charge is -2.08. The van der Waals surface area contributed by atoms with Crippen LogP contribution < -0.4 is 5.56 Å². The molecule has 0 aliphatic rings. The number of aryl methyl sites for hydroxylation is 1. The van der Waals surface area contributed by atoms with Gasteiger partial charge in [-0.05, 0) is 42.8 Å². The molecule has 3 heterocycles. The Morgan fingerprint density at radius 3 is 2.39 bits per heavy atom. The second-order valence-corrected chi connectivity index (χ2v) is 8.61. The van der Waals surface area contributed by atoms with Crippen molar-refractivity contribution in [1.29, 1.82) is 0 Å². The van der Waals surface area contributed by atoms with Gasteiger partial charge in [0.25, 0.3) is 5.56 Å². The largest absolute Gasteiger partial charge is 0.299 e. The number of benzene rings is 2. The summed E-state index contributed by atoms with van der Waals surface area (Å²) in [4.78, 5) is 27.9. The summed E-state index contributed by atoms with van der Waals surface area (Å²) in [5.41, 5.74) is 4.20. The van der Waals surface area contributed by atoms with Crippen LogP contribution in [0.5, 0.6) is 0 Å². The molecule has 0 atom stereocenters. The fourth-order valence-corrected chi connectivity index (χ4v) is 4.24. The SMILES string of the molecule is CCCCCCn1cnc2c(c1=O)c1nc3ccccc3nc1n2-c1ccc(Br)cc1. The first-order valence-corrected chi connectivity index (χ1v) is 11.4. The minimum absolute atomic E-state index is 0.0630. The van der Waals surface area contributed by atoms with Crippen molar-refractivity contribution >= 4 is 49.2 Å². The Balaban J connectivity index is 1.79. The fourth-order valence-electron chi connectivity index (χ4n) is 3.97. The maximum Gasteiger partial charge on any atom is 0.265 e. The molecule has 0 amide bonds. The molecule has 0 radical (unpaired) electrons. The first-order chi connectivity index (χ1) is 15.2. The molecule has 6 nitrogen and oxygen atoms in total. The summed E-state index contributed by atoms with van der Waals surface area (Å²) in [5, 5.41) is 0.522. The minimum Gasteiger partial charge on any atom is -0.299 e. The zero-order valence-corrected chi connectivity index (χ0v) is 18.8. The monoisotopic (exact) mass is 475 g/mol. The van der Waals surface area contributed by atoms with E-state index in [4.69, 9.17) is 15.0 Å². The molecule has 5 aromatic rings. The predicted octanol–water partition coefficient (Wildman–Crippen LogP) is 5.63. The van der Waals surface area contributed by atoms with Gasteiger partial charge in [-0.15, -0.1) is 0 Å². The topological polar surface area (TPSA) is 65.6 Å². The number of rotatable bonds is 6. The zero-order chi connectivity index (χ0) is 21.4. The molecule has 0 aliphatic carbocycles. The quantitative estimate of drug-likeness (QED) is 0.298. The summed E-state index contributed by atoms with van der Waals surface area (Å²) in [6.07, 6.45) is 6.05. The van der Waals surface area contributed by atoms with Crippen molar-refractivity contribution in [3.8, 4) is 5.69 Å². The van der Waals surface area contributed by atoms with Crippen molar-refractivity contribution in [2.45, 2.75) is 39.2 Å². The van der Waals surface area contributed by atoms with Gasteiger partial charge in [0.15, 0.2) is 11.3 Å². The van der Waals surface area contributed by atoms with E-state index in [2.05, 4.69) is 22.9 Å². The normalized spacial score (nSPS) is 11.7. The Bertz CT molecular complexity index is 1450. The molecule has 0 aliphatic heterocycles. The highest BCUT2D eigenvalue weighted by molar-refractivity contribution is 9.10. The third kappa shape index (κ3) is 3.53. The molecule has 0 unspecified atom stereocenters. The van der Waals surface area contributed by atoms with E-state index in [1.807, 2.05) is 53.1 Å². The van der Waals surface area contributed by atoms with Crippen LogP contribution in [-0.2, 0) is 6.54 Å². The maximum atomic E-state index is 13.5. The predicted molar refractivity (Wildman–Crippen MR) is 128 cm³/mol. The Labute approximate surface area is 187 Å². The maximum absolute atomic E-state index is 13.5. The number of fused-ring (bicyclic) bond motifs is 4.